The fourth-order valence-electron chi connectivity index (χ4n) is 1.70. The van der Waals surface area contributed by atoms with E-state index in [1.54, 1.807) is 6.26 Å². The number of hydrogen-bond donors (Lipinski definition) is 1. The maximum Gasteiger partial charge on any atom is 0.104 e. The van der Waals surface area contributed by atoms with Gasteiger partial charge >= 0.3 is 0 Å². The van der Waals surface area contributed by atoms with Gasteiger partial charge in [0.1, 0.15) is 5.76 Å². The maximum atomic E-state index is 9.32. The Bertz CT molecular complexity index is 263. The van der Waals surface area contributed by atoms with Gasteiger partial charge in [0, 0.05) is 6.42 Å². The standard InChI is InChI=1S/C9H12O2/c1-6-9-3-2-8(10)4-7(9)5-11-6/h5,8,10H,2-4H2,1H3/t8-/m1/s1. The lowest BCUT2D eigenvalue weighted by atomic mass is 9.92. The molecule has 2 heteroatoms. The Balaban J connectivity index is 2.36. The summed E-state index contributed by atoms with van der Waals surface area (Å²) in [6.07, 6.45) is 4.24. The van der Waals surface area contributed by atoms with E-state index in [1.807, 2.05) is 6.92 Å². The fourth-order valence-corrected chi connectivity index (χ4v) is 1.70. The van der Waals surface area contributed by atoms with Gasteiger partial charge in [0.2, 0.25) is 0 Å². The van der Waals surface area contributed by atoms with E-state index >= 15 is 0 Å². The SMILES string of the molecule is Cc1occ2c1CC[C@@H](O)C2. The molecule has 0 radical (unpaired) electrons. The molecule has 0 aromatic carbocycles. The van der Waals surface area contributed by atoms with Crippen molar-refractivity contribution >= 4 is 0 Å². The lowest BCUT2D eigenvalue weighted by Crippen LogP contribution is -2.17. The van der Waals surface area contributed by atoms with E-state index in [2.05, 4.69) is 0 Å². The first-order valence-electron chi connectivity index (χ1n) is 4.01. The first-order chi connectivity index (χ1) is 5.27. The van der Waals surface area contributed by atoms with E-state index in [4.69, 9.17) is 4.42 Å². The summed E-state index contributed by atoms with van der Waals surface area (Å²) in [5.41, 5.74) is 2.51. The zero-order valence-electron chi connectivity index (χ0n) is 6.63. The largest absolute Gasteiger partial charge is 0.469 e. The second-order valence-corrected chi connectivity index (χ2v) is 3.19. The topological polar surface area (TPSA) is 33.4 Å². The molecule has 11 heavy (non-hydrogen) atoms. The summed E-state index contributed by atoms with van der Waals surface area (Å²) in [5.74, 6) is 1.02. The van der Waals surface area contributed by atoms with E-state index in [1.165, 1.54) is 11.1 Å². The quantitative estimate of drug-likeness (QED) is 0.610. The number of rotatable bonds is 0. The molecule has 0 aliphatic heterocycles. The first kappa shape index (κ1) is 6.92. The monoisotopic (exact) mass is 152 g/mol. The van der Waals surface area contributed by atoms with E-state index in [0.29, 0.717) is 0 Å². The third-order valence-electron chi connectivity index (χ3n) is 2.37. The molecule has 1 heterocycles. The molecular formula is C9H12O2. The first-order valence-corrected chi connectivity index (χ1v) is 4.01. The van der Waals surface area contributed by atoms with Crippen molar-refractivity contribution in [2.75, 3.05) is 0 Å². The average Bonchev–Trinajstić information content (AvgIpc) is 2.32. The molecule has 1 aliphatic carbocycles. The second-order valence-electron chi connectivity index (χ2n) is 3.19. The molecule has 0 spiro atoms. The minimum absolute atomic E-state index is 0.153. The molecule has 0 fully saturated rings. The van der Waals surface area contributed by atoms with E-state index in [0.717, 1.165) is 25.0 Å². The summed E-state index contributed by atoms with van der Waals surface area (Å²) in [4.78, 5) is 0. The number of aliphatic hydroxyl groups is 1. The van der Waals surface area contributed by atoms with Gasteiger partial charge in [-0.15, -0.1) is 0 Å². The van der Waals surface area contributed by atoms with Gasteiger partial charge in [-0.1, -0.05) is 0 Å². The van der Waals surface area contributed by atoms with Crippen molar-refractivity contribution in [3.63, 3.8) is 0 Å². The highest BCUT2D eigenvalue weighted by atomic mass is 16.3. The van der Waals surface area contributed by atoms with Crippen LogP contribution in [0.3, 0.4) is 0 Å². The molecule has 2 nitrogen and oxygen atoms in total. The summed E-state index contributed by atoms with van der Waals surface area (Å²) in [7, 11) is 0. The van der Waals surface area contributed by atoms with Crippen LogP contribution in [-0.4, -0.2) is 11.2 Å². The van der Waals surface area contributed by atoms with Crippen molar-refractivity contribution in [2.45, 2.75) is 32.3 Å². The molecule has 2 rings (SSSR count). The van der Waals surface area contributed by atoms with Gasteiger partial charge in [-0.3, -0.25) is 0 Å². The van der Waals surface area contributed by atoms with Crippen LogP contribution >= 0.6 is 0 Å². The van der Waals surface area contributed by atoms with Crippen LogP contribution < -0.4 is 0 Å². The van der Waals surface area contributed by atoms with Gasteiger partial charge < -0.3 is 9.52 Å². The van der Waals surface area contributed by atoms with Gasteiger partial charge in [0.25, 0.3) is 0 Å². The Hall–Kier alpha value is -0.760. The molecule has 0 saturated carbocycles. The molecule has 1 aromatic rings. The summed E-state index contributed by atoms with van der Waals surface area (Å²) < 4.78 is 5.25. The van der Waals surface area contributed by atoms with Crippen molar-refractivity contribution < 1.29 is 9.52 Å². The van der Waals surface area contributed by atoms with Gasteiger partial charge in [0.05, 0.1) is 12.4 Å². The smallest absolute Gasteiger partial charge is 0.104 e. The van der Waals surface area contributed by atoms with Crippen LogP contribution in [0.25, 0.3) is 0 Å². The molecule has 0 saturated heterocycles. The van der Waals surface area contributed by atoms with Gasteiger partial charge in [-0.05, 0) is 30.9 Å². The van der Waals surface area contributed by atoms with Crippen LogP contribution in [0, 0.1) is 6.92 Å². The lowest BCUT2D eigenvalue weighted by Gasteiger charge is -2.16. The third-order valence-corrected chi connectivity index (χ3v) is 2.37. The Morgan fingerprint density at radius 2 is 2.45 bits per heavy atom. The predicted octanol–water partition coefficient (Wildman–Crippen LogP) is 1.44. The van der Waals surface area contributed by atoms with Crippen molar-refractivity contribution in [3.05, 3.63) is 23.2 Å². The minimum Gasteiger partial charge on any atom is -0.469 e. The molecule has 0 amide bonds. The molecule has 0 unspecified atom stereocenters. The van der Waals surface area contributed by atoms with Crippen LogP contribution in [-0.2, 0) is 12.8 Å². The minimum atomic E-state index is -0.153. The summed E-state index contributed by atoms with van der Waals surface area (Å²) >= 11 is 0. The zero-order chi connectivity index (χ0) is 7.84. The number of aryl methyl sites for hydroxylation is 1. The molecule has 1 atom stereocenters. The van der Waals surface area contributed by atoms with E-state index in [-0.39, 0.29) is 6.10 Å². The maximum absolute atomic E-state index is 9.32. The molecule has 0 bridgehead atoms. The van der Waals surface area contributed by atoms with Crippen LogP contribution in [0.15, 0.2) is 10.7 Å². The van der Waals surface area contributed by atoms with Gasteiger partial charge in [0.15, 0.2) is 0 Å². The number of furan rings is 1. The number of fused-ring (bicyclic) bond motifs is 1. The van der Waals surface area contributed by atoms with Gasteiger partial charge in [-0.25, -0.2) is 0 Å². The second kappa shape index (κ2) is 2.38. The van der Waals surface area contributed by atoms with Gasteiger partial charge in [-0.2, -0.15) is 0 Å². The highest BCUT2D eigenvalue weighted by Crippen LogP contribution is 2.25. The zero-order valence-corrected chi connectivity index (χ0v) is 6.63. The highest BCUT2D eigenvalue weighted by molar-refractivity contribution is 5.30. The third kappa shape index (κ3) is 1.07. The van der Waals surface area contributed by atoms with Crippen molar-refractivity contribution in [1.82, 2.24) is 0 Å². The normalized spacial score (nSPS) is 23.3. The van der Waals surface area contributed by atoms with Crippen LogP contribution in [0.2, 0.25) is 0 Å². The molecule has 1 aliphatic rings. The van der Waals surface area contributed by atoms with Crippen LogP contribution in [0.5, 0.6) is 0 Å². The predicted molar refractivity (Wildman–Crippen MR) is 41.5 cm³/mol. The Labute approximate surface area is 65.8 Å². The molecule has 1 N–H and O–H groups in total. The van der Waals surface area contributed by atoms with Crippen LogP contribution in [0.4, 0.5) is 0 Å². The Morgan fingerprint density at radius 1 is 1.64 bits per heavy atom. The average molecular weight is 152 g/mol. The van der Waals surface area contributed by atoms with Crippen molar-refractivity contribution in [2.24, 2.45) is 0 Å². The Morgan fingerprint density at radius 3 is 3.27 bits per heavy atom. The summed E-state index contributed by atoms with van der Waals surface area (Å²) in [6.45, 7) is 1.98. The summed E-state index contributed by atoms with van der Waals surface area (Å²) in [5, 5.41) is 9.32. The number of aliphatic hydroxyl groups excluding tert-OH is 1. The lowest BCUT2D eigenvalue weighted by molar-refractivity contribution is 0.159. The van der Waals surface area contributed by atoms with E-state index < -0.39 is 0 Å². The number of hydrogen-bond acceptors (Lipinski definition) is 2. The molecule has 1 aromatic heterocycles. The van der Waals surface area contributed by atoms with Crippen molar-refractivity contribution in [3.8, 4) is 0 Å². The van der Waals surface area contributed by atoms with Crippen molar-refractivity contribution in [1.29, 1.82) is 0 Å². The molecule has 60 valence electrons. The Kier molecular flexibility index (Phi) is 1.50. The summed E-state index contributed by atoms with van der Waals surface area (Å²) in [6, 6.07) is 0. The van der Waals surface area contributed by atoms with E-state index in [9.17, 15) is 5.11 Å². The molecular weight excluding hydrogens is 140 g/mol. The fraction of sp³-hybridized carbons (Fsp3) is 0.556. The highest BCUT2D eigenvalue weighted by Gasteiger charge is 2.19. The van der Waals surface area contributed by atoms with Crippen LogP contribution in [0.1, 0.15) is 23.3 Å².